The molecular weight excluding hydrogens is 298 g/mol. The maximum absolute atomic E-state index is 4.48. The van der Waals surface area contributed by atoms with Gasteiger partial charge in [0.05, 0.1) is 11.9 Å². The van der Waals surface area contributed by atoms with Crippen LogP contribution >= 0.6 is 0 Å². The van der Waals surface area contributed by atoms with E-state index in [0.717, 1.165) is 44.2 Å². The zero-order chi connectivity index (χ0) is 16.2. The van der Waals surface area contributed by atoms with Crippen molar-refractivity contribution >= 4 is 5.82 Å². The van der Waals surface area contributed by atoms with Crippen molar-refractivity contribution in [3.8, 4) is 5.69 Å². The highest BCUT2D eigenvalue weighted by Gasteiger charge is 2.18. The van der Waals surface area contributed by atoms with Crippen LogP contribution in [0.1, 0.15) is 5.56 Å². The van der Waals surface area contributed by atoms with Crippen molar-refractivity contribution in [1.82, 2.24) is 19.7 Å². The molecule has 3 heterocycles. The fourth-order valence-corrected chi connectivity index (χ4v) is 3.10. The van der Waals surface area contributed by atoms with E-state index < -0.39 is 0 Å². The molecule has 0 saturated carbocycles. The van der Waals surface area contributed by atoms with Crippen LogP contribution in [-0.2, 0) is 6.54 Å². The highest BCUT2D eigenvalue weighted by molar-refractivity contribution is 5.38. The summed E-state index contributed by atoms with van der Waals surface area (Å²) in [5, 5.41) is 4.48. The molecule has 24 heavy (non-hydrogen) atoms. The Bertz CT molecular complexity index is 761. The Kier molecular flexibility index (Phi) is 4.25. The molecule has 1 fully saturated rings. The van der Waals surface area contributed by atoms with Gasteiger partial charge in [0, 0.05) is 50.7 Å². The first-order chi connectivity index (χ1) is 11.9. The first-order valence-electron chi connectivity index (χ1n) is 8.36. The summed E-state index contributed by atoms with van der Waals surface area (Å²) in [5.74, 6) is 1.08. The number of aromatic nitrogens is 3. The minimum atomic E-state index is 0.947. The fourth-order valence-electron chi connectivity index (χ4n) is 3.10. The van der Waals surface area contributed by atoms with Crippen LogP contribution in [-0.4, -0.2) is 45.8 Å². The van der Waals surface area contributed by atoms with Crippen LogP contribution < -0.4 is 4.90 Å². The lowest BCUT2D eigenvalue weighted by atomic mass is 10.2. The summed E-state index contributed by atoms with van der Waals surface area (Å²) < 4.78 is 1.94. The van der Waals surface area contributed by atoms with Crippen LogP contribution in [0.2, 0.25) is 0 Å². The third kappa shape index (κ3) is 3.31. The van der Waals surface area contributed by atoms with E-state index >= 15 is 0 Å². The lowest BCUT2D eigenvalue weighted by Crippen LogP contribution is -2.46. The van der Waals surface area contributed by atoms with Crippen molar-refractivity contribution < 1.29 is 0 Å². The Labute approximate surface area is 142 Å². The SMILES string of the molecule is c1ccc(-n2cc(CN3CCN(c4ccccn4)CC3)cn2)cc1. The topological polar surface area (TPSA) is 37.2 Å². The van der Waals surface area contributed by atoms with Gasteiger partial charge < -0.3 is 4.90 Å². The molecule has 0 aliphatic carbocycles. The first kappa shape index (κ1) is 14.9. The monoisotopic (exact) mass is 319 g/mol. The molecule has 1 saturated heterocycles. The highest BCUT2D eigenvalue weighted by Crippen LogP contribution is 2.15. The van der Waals surface area contributed by atoms with E-state index in [2.05, 4.69) is 44.3 Å². The molecule has 122 valence electrons. The largest absolute Gasteiger partial charge is 0.354 e. The molecule has 1 aliphatic heterocycles. The van der Waals surface area contributed by atoms with Crippen molar-refractivity contribution in [2.75, 3.05) is 31.1 Å². The van der Waals surface area contributed by atoms with Gasteiger partial charge in [0.15, 0.2) is 0 Å². The van der Waals surface area contributed by atoms with Crippen molar-refractivity contribution in [2.45, 2.75) is 6.54 Å². The molecule has 1 aromatic carbocycles. The number of piperazine rings is 1. The van der Waals surface area contributed by atoms with Gasteiger partial charge in [-0.3, -0.25) is 4.90 Å². The molecule has 2 aromatic heterocycles. The minimum absolute atomic E-state index is 0.947. The molecule has 0 atom stereocenters. The van der Waals surface area contributed by atoms with Crippen molar-refractivity contribution in [2.24, 2.45) is 0 Å². The van der Waals surface area contributed by atoms with Crippen LogP contribution in [0.3, 0.4) is 0 Å². The van der Waals surface area contributed by atoms with Gasteiger partial charge in [-0.05, 0) is 24.3 Å². The van der Waals surface area contributed by atoms with E-state index in [1.54, 1.807) is 0 Å². The van der Waals surface area contributed by atoms with Gasteiger partial charge in [0.25, 0.3) is 0 Å². The first-order valence-corrected chi connectivity index (χ1v) is 8.36. The zero-order valence-corrected chi connectivity index (χ0v) is 13.6. The summed E-state index contributed by atoms with van der Waals surface area (Å²) in [6, 6.07) is 16.3. The van der Waals surface area contributed by atoms with E-state index in [9.17, 15) is 0 Å². The molecule has 5 nitrogen and oxygen atoms in total. The second-order valence-corrected chi connectivity index (χ2v) is 6.08. The predicted octanol–water partition coefficient (Wildman–Crippen LogP) is 2.59. The van der Waals surface area contributed by atoms with E-state index in [0.29, 0.717) is 0 Å². The molecule has 0 amide bonds. The Morgan fingerprint density at radius 3 is 2.42 bits per heavy atom. The average molecular weight is 319 g/mol. The van der Waals surface area contributed by atoms with E-state index in [-0.39, 0.29) is 0 Å². The lowest BCUT2D eigenvalue weighted by Gasteiger charge is -2.35. The van der Waals surface area contributed by atoms with Crippen LogP contribution in [0.15, 0.2) is 67.1 Å². The van der Waals surface area contributed by atoms with Crippen LogP contribution in [0, 0.1) is 0 Å². The normalized spacial score (nSPS) is 15.6. The average Bonchev–Trinajstić information content (AvgIpc) is 3.12. The number of anilines is 1. The third-order valence-electron chi connectivity index (χ3n) is 4.41. The molecule has 0 N–H and O–H groups in total. The van der Waals surface area contributed by atoms with Gasteiger partial charge in [-0.15, -0.1) is 0 Å². The van der Waals surface area contributed by atoms with Gasteiger partial charge in [0.1, 0.15) is 5.82 Å². The summed E-state index contributed by atoms with van der Waals surface area (Å²) in [6.07, 6.45) is 5.96. The Balaban J connectivity index is 1.35. The minimum Gasteiger partial charge on any atom is -0.354 e. The Morgan fingerprint density at radius 2 is 1.67 bits per heavy atom. The Morgan fingerprint density at radius 1 is 0.875 bits per heavy atom. The van der Waals surface area contributed by atoms with Gasteiger partial charge >= 0.3 is 0 Å². The highest BCUT2D eigenvalue weighted by atomic mass is 15.3. The zero-order valence-electron chi connectivity index (χ0n) is 13.6. The van der Waals surface area contributed by atoms with Crippen LogP contribution in [0.25, 0.3) is 5.69 Å². The molecule has 0 bridgehead atoms. The molecular formula is C19H21N5. The summed E-state index contributed by atoms with van der Waals surface area (Å²) in [4.78, 5) is 9.27. The van der Waals surface area contributed by atoms with Crippen LogP contribution in [0.5, 0.6) is 0 Å². The predicted molar refractivity (Wildman–Crippen MR) is 95.3 cm³/mol. The fraction of sp³-hybridized carbons (Fsp3) is 0.263. The second kappa shape index (κ2) is 6.84. The summed E-state index contributed by atoms with van der Waals surface area (Å²) in [7, 11) is 0. The maximum atomic E-state index is 4.48. The van der Waals surface area contributed by atoms with Gasteiger partial charge in [-0.2, -0.15) is 5.10 Å². The van der Waals surface area contributed by atoms with E-state index in [4.69, 9.17) is 0 Å². The van der Waals surface area contributed by atoms with Crippen molar-refractivity contribution in [3.63, 3.8) is 0 Å². The van der Waals surface area contributed by atoms with Crippen molar-refractivity contribution in [3.05, 3.63) is 72.7 Å². The van der Waals surface area contributed by atoms with E-state index in [1.165, 1.54) is 5.56 Å². The lowest BCUT2D eigenvalue weighted by molar-refractivity contribution is 0.249. The molecule has 4 rings (SSSR count). The van der Waals surface area contributed by atoms with Gasteiger partial charge in [-0.1, -0.05) is 24.3 Å². The molecule has 0 radical (unpaired) electrons. The van der Waals surface area contributed by atoms with Gasteiger partial charge in [0.2, 0.25) is 0 Å². The molecule has 0 unspecified atom stereocenters. The number of para-hydroxylation sites is 1. The molecule has 0 spiro atoms. The summed E-state index contributed by atoms with van der Waals surface area (Å²) >= 11 is 0. The number of pyridine rings is 1. The Hall–Kier alpha value is -2.66. The smallest absolute Gasteiger partial charge is 0.128 e. The number of nitrogens with zero attached hydrogens (tertiary/aromatic N) is 5. The maximum Gasteiger partial charge on any atom is 0.128 e. The molecule has 3 aromatic rings. The number of hydrogen-bond acceptors (Lipinski definition) is 4. The van der Waals surface area contributed by atoms with Crippen LogP contribution in [0.4, 0.5) is 5.82 Å². The van der Waals surface area contributed by atoms with Crippen molar-refractivity contribution in [1.29, 1.82) is 0 Å². The third-order valence-corrected chi connectivity index (χ3v) is 4.41. The number of rotatable bonds is 4. The van der Waals surface area contributed by atoms with E-state index in [1.807, 2.05) is 47.4 Å². The summed E-state index contributed by atoms with van der Waals surface area (Å²) in [6.45, 7) is 5.08. The van der Waals surface area contributed by atoms with Gasteiger partial charge in [-0.25, -0.2) is 9.67 Å². The second-order valence-electron chi connectivity index (χ2n) is 6.08. The number of hydrogen-bond donors (Lipinski definition) is 0. The number of benzene rings is 1. The molecule has 5 heteroatoms. The molecule has 1 aliphatic rings. The standard InChI is InChI=1S/C19H21N5/c1-2-6-18(7-3-1)24-16-17(14-21-24)15-22-10-12-23(13-11-22)19-8-4-5-9-20-19/h1-9,14,16H,10-13,15H2. The summed E-state index contributed by atoms with van der Waals surface area (Å²) in [5.41, 5.74) is 2.36. The quantitative estimate of drug-likeness (QED) is 0.741.